The van der Waals surface area contributed by atoms with Crippen LogP contribution < -0.4 is 14.4 Å². The Hall–Kier alpha value is -3.32. The van der Waals surface area contributed by atoms with Crippen LogP contribution in [-0.4, -0.2) is 27.0 Å². The molecule has 32 heavy (non-hydrogen) atoms. The van der Waals surface area contributed by atoms with Gasteiger partial charge in [0.05, 0.1) is 17.1 Å². The maximum Gasteiger partial charge on any atom is 0.267 e. The Kier molecular flexibility index (Phi) is 5.69. The monoisotopic (exact) mass is 450 g/mol. The quantitative estimate of drug-likeness (QED) is 0.634. The Labute approximate surface area is 188 Å². The molecule has 0 bridgehead atoms. The van der Waals surface area contributed by atoms with Crippen LogP contribution in [-0.2, 0) is 14.8 Å². The Morgan fingerprint density at radius 2 is 1.53 bits per heavy atom. The molecule has 1 aliphatic heterocycles. The van der Waals surface area contributed by atoms with Crippen molar-refractivity contribution in [2.24, 2.45) is 0 Å². The summed E-state index contributed by atoms with van der Waals surface area (Å²) in [5.41, 5.74) is 4.91. The van der Waals surface area contributed by atoms with E-state index in [1.807, 2.05) is 52.0 Å². The van der Waals surface area contributed by atoms with Crippen LogP contribution in [0.25, 0.3) is 0 Å². The smallest absolute Gasteiger partial charge is 0.267 e. The molecule has 0 spiro atoms. The van der Waals surface area contributed by atoms with Crippen molar-refractivity contribution in [3.05, 3.63) is 82.9 Å². The standard InChI is InChI=1S/C25H26N2O4S/c1-16-6-10-20(11-7-16)32(29,30)27-15-24(31-23-14-18(3)8-12-22(23)27)25(28)26-21-13-17(2)5-9-19(21)4/h5-14,24H,15H2,1-4H3,(H,26,28). The van der Waals surface area contributed by atoms with Gasteiger partial charge in [-0.25, -0.2) is 8.42 Å². The number of carbonyl (C=O) groups is 1. The summed E-state index contributed by atoms with van der Waals surface area (Å²) in [6.45, 7) is 7.52. The molecule has 1 unspecified atom stereocenters. The van der Waals surface area contributed by atoms with Crippen molar-refractivity contribution in [1.82, 2.24) is 0 Å². The maximum atomic E-state index is 13.5. The number of amides is 1. The van der Waals surface area contributed by atoms with E-state index in [1.165, 1.54) is 4.31 Å². The maximum absolute atomic E-state index is 13.5. The van der Waals surface area contributed by atoms with Crippen molar-refractivity contribution in [3.63, 3.8) is 0 Å². The van der Waals surface area contributed by atoms with E-state index in [-0.39, 0.29) is 11.4 Å². The fourth-order valence-electron chi connectivity index (χ4n) is 3.65. The van der Waals surface area contributed by atoms with Gasteiger partial charge in [-0.3, -0.25) is 9.10 Å². The highest BCUT2D eigenvalue weighted by Gasteiger charge is 2.37. The summed E-state index contributed by atoms with van der Waals surface area (Å²) in [6.07, 6.45) is -0.996. The van der Waals surface area contributed by atoms with Crippen LogP contribution in [0.15, 0.2) is 65.6 Å². The van der Waals surface area contributed by atoms with Crippen LogP contribution in [0.5, 0.6) is 5.75 Å². The van der Waals surface area contributed by atoms with Gasteiger partial charge in [0.25, 0.3) is 15.9 Å². The van der Waals surface area contributed by atoms with E-state index in [0.717, 1.165) is 22.3 Å². The average molecular weight is 451 g/mol. The van der Waals surface area contributed by atoms with E-state index in [1.54, 1.807) is 36.4 Å². The molecule has 3 aromatic rings. The van der Waals surface area contributed by atoms with Crippen molar-refractivity contribution < 1.29 is 17.9 Å². The number of benzene rings is 3. The first-order chi connectivity index (χ1) is 15.1. The number of hydrogen-bond donors (Lipinski definition) is 1. The first kappa shape index (κ1) is 21.9. The SMILES string of the molecule is Cc1ccc(S(=O)(=O)N2CC(C(=O)Nc3cc(C)ccc3C)Oc3cc(C)ccc32)cc1. The lowest BCUT2D eigenvalue weighted by atomic mass is 10.1. The number of ether oxygens (including phenoxy) is 1. The highest BCUT2D eigenvalue weighted by atomic mass is 32.2. The summed E-state index contributed by atoms with van der Waals surface area (Å²) in [5.74, 6) is -0.0250. The van der Waals surface area contributed by atoms with Crippen LogP contribution >= 0.6 is 0 Å². The van der Waals surface area contributed by atoms with Crippen LogP contribution in [0.4, 0.5) is 11.4 Å². The first-order valence-electron chi connectivity index (χ1n) is 10.4. The minimum Gasteiger partial charge on any atom is -0.476 e. The number of hydrogen-bond acceptors (Lipinski definition) is 4. The fraction of sp³-hybridized carbons (Fsp3) is 0.240. The van der Waals surface area contributed by atoms with E-state index in [9.17, 15) is 13.2 Å². The summed E-state index contributed by atoms with van der Waals surface area (Å²) >= 11 is 0. The lowest BCUT2D eigenvalue weighted by Crippen LogP contribution is -2.48. The fourth-order valence-corrected chi connectivity index (χ4v) is 5.12. The number of aryl methyl sites for hydroxylation is 4. The highest BCUT2D eigenvalue weighted by Crippen LogP contribution is 2.38. The topological polar surface area (TPSA) is 75.7 Å². The van der Waals surface area contributed by atoms with Crippen molar-refractivity contribution in [1.29, 1.82) is 0 Å². The number of rotatable bonds is 4. The van der Waals surface area contributed by atoms with Crippen LogP contribution in [0.1, 0.15) is 22.3 Å². The molecule has 7 heteroatoms. The number of carbonyl (C=O) groups excluding carboxylic acids is 1. The van der Waals surface area contributed by atoms with Crippen molar-refractivity contribution >= 4 is 27.3 Å². The zero-order chi connectivity index (χ0) is 23.0. The molecule has 3 aromatic carbocycles. The molecule has 4 rings (SSSR count). The molecule has 1 atom stereocenters. The molecule has 0 aromatic heterocycles. The second-order valence-electron chi connectivity index (χ2n) is 8.23. The van der Waals surface area contributed by atoms with Gasteiger partial charge < -0.3 is 10.1 Å². The van der Waals surface area contributed by atoms with Crippen molar-refractivity contribution in [2.75, 3.05) is 16.2 Å². The zero-order valence-electron chi connectivity index (χ0n) is 18.5. The molecule has 1 N–H and O–H groups in total. The van der Waals surface area contributed by atoms with Crippen molar-refractivity contribution in [2.45, 2.75) is 38.7 Å². The predicted molar refractivity (Wildman–Crippen MR) is 126 cm³/mol. The van der Waals surface area contributed by atoms with E-state index < -0.39 is 22.0 Å². The second-order valence-corrected chi connectivity index (χ2v) is 10.1. The van der Waals surface area contributed by atoms with Gasteiger partial charge in [0.2, 0.25) is 0 Å². The van der Waals surface area contributed by atoms with Gasteiger partial charge in [-0.05, 0) is 74.7 Å². The van der Waals surface area contributed by atoms with Crippen LogP contribution in [0, 0.1) is 27.7 Å². The number of nitrogens with zero attached hydrogens (tertiary/aromatic N) is 1. The van der Waals surface area contributed by atoms with Gasteiger partial charge in [0.1, 0.15) is 5.75 Å². The first-order valence-corrected chi connectivity index (χ1v) is 11.8. The van der Waals surface area contributed by atoms with Gasteiger partial charge in [-0.15, -0.1) is 0 Å². The second kappa shape index (κ2) is 8.31. The number of fused-ring (bicyclic) bond motifs is 1. The zero-order valence-corrected chi connectivity index (χ0v) is 19.4. The molecule has 6 nitrogen and oxygen atoms in total. The Morgan fingerprint density at radius 1 is 0.906 bits per heavy atom. The van der Waals surface area contributed by atoms with E-state index in [2.05, 4.69) is 5.32 Å². The average Bonchev–Trinajstić information content (AvgIpc) is 2.75. The summed E-state index contributed by atoms with van der Waals surface area (Å²) in [6, 6.07) is 17.8. The molecule has 0 radical (unpaired) electrons. The molecule has 0 aliphatic carbocycles. The third-order valence-electron chi connectivity index (χ3n) is 5.54. The van der Waals surface area contributed by atoms with Crippen LogP contribution in [0.2, 0.25) is 0 Å². The van der Waals surface area contributed by atoms with Crippen molar-refractivity contribution in [3.8, 4) is 5.75 Å². The van der Waals surface area contributed by atoms with Gasteiger partial charge in [-0.1, -0.05) is 35.9 Å². The molecular weight excluding hydrogens is 424 g/mol. The highest BCUT2D eigenvalue weighted by molar-refractivity contribution is 7.92. The molecule has 1 amide bonds. The normalized spacial score (nSPS) is 15.6. The van der Waals surface area contributed by atoms with Gasteiger partial charge in [0.15, 0.2) is 6.10 Å². The lowest BCUT2D eigenvalue weighted by molar-refractivity contribution is -0.122. The Balaban J connectivity index is 1.70. The summed E-state index contributed by atoms with van der Waals surface area (Å²) in [5, 5.41) is 2.90. The lowest BCUT2D eigenvalue weighted by Gasteiger charge is -2.35. The number of sulfonamides is 1. The molecule has 166 valence electrons. The van der Waals surface area contributed by atoms with E-state index in [4.69, 9.17) is 4.74 Å². The Morgan fingerprint density at radius 3 is 2.25 bits per heavy atom. The van der Waals surface area contributed by atoms with Gasteiger partial charge in [-0.2, -0.15) is 0 Å². The third kappa shape index (κ3) is 4.21. The van der Waals surface area contributed by atoms with Gasteiger partial charge >= 0.3 is 0 Å². The molecule has 1 aliphatic rings. The number of nitrogens with one attached hydrogen (secondary N) is 1. The minimum absolute atomic E-state index is 0.122. The molecule has 1 heterocycles. The molecular formula is C25H26N2O4S. The summed E-state index contributed by atoms with van der Waals surface area (Å²) in [4.78, 5) is 13.3. The Bertz CT molecular complexity index is 1280. The van der Waals surface area contributed by atoms with E-state index >= 15 is 0 Å². The van der Waals surface area contributed by atoms with E-state index in [0.29, 0.717) is 17.1 Å². The number of anilines is 2. The minimum atomic E-state index is -3.89. The largest absolute Gasteiger partial charge is 0.476 e. The predicted octanol–water partition coefficient (Wildman–Crippen LogP) is 4.52. The summed E-state index contributed by atoms with van der Waals surface area (Å²) < 4.78 is 34.3. The van der Waals surface area contributed by atoms with Gasteiger partial charge in [0, 0.05) is 5.69 Å². The molecule has 0 saturated heterocycles. The molecule has 0 fully saturated rings. The summed E-state index contributed by atoms with van der Waals surface area (Å²) in [7, 11) is -3.89. The molecule has 0 saturated carbocycles. The third-order valence-corrected chi connectivity index (χ3v) is 7.33. The van der Waals surface area contributed by atoms with Crippen LogP contribution in [0.3, 0.4) is 0 Å².